The highest BCUT2D eigenvalue weighted by molar-refractivity contribution is 4.90. The Morgan fingerprint density at radius 3 is 2.80 bits per heavy atom. The van der Waals surface area contributed by atoms with Crippen molar-refractivity contribution in [3.63, 3.8) is 0 Å². The van der Waals surface area contributed by atoms with Crippen LogP contribution in [0.25, 0.3) is 0 Å². The highest BCUT2D eigenvalue weighted by Crippen LogP contribution is 2.33. The molecule has 1 fully saturated rings. The summed E-state index contributed by atoms with van der Waals surface area (Å²) in [5.41, 5.74) is -0.0598. The van der Waals surface area contributed by atoms with Gasteiger partial charge in [-0.2, -0.15) is 5.26 Å². The molecule has 0 saturated carbocycles. The van der Waals surface area contributed by atoms with Gasteiger partial charge in [-0.15, -0.1) is 0 Å². The second-order valence-electron chi connectivity index (χ2n) is 3.30. The van der Waals surface area contributed by atoms with Crippen LogP contribution in [0.3, 0.4) is 0 Å². The Labute approximate surface area is 61.8 Å². The molecule has 1 atom stereocenters. The lowest BCUT2D eigenvalue weighted by atomic mass is 9.89. The van der Waals surface area contributed by atoms with Crippen molar-refractivity contribution in [2.24, 2.45) is 5.92 Å². The van der Waals surface area contributed by atoms with Crippen molar-refractivity contribution in [3.8, 4) is 6.07 Å². The molecule has 1 unspecified atom stereocenters. The van der Waals surface area contributed by atoms with Gasteiger partial charge in [0.15, 0.2) is 0 Å². The minimum Gasteiger partial charge on any atom is -0.375 e. The zero-order valence-corrected chi connectivity index (χ0v) is 6.55. The third-order valence-electron chi connectivity index (χ3n) is 2.26. The lowest BCUT2D eigenvalue weighted by Gasteiger charge is -2.23. The fourth-order valence-electron chi connectivity index (χ4n) is 1.39. The van der Waals surface area contributed by atoms with Gasteiger partial charge in [0.25, 0.3) is 0 Å². The molecule has 1 aliphatic rings. The Morgan fingerprint density at radius 2 is 2.40 bits per heavy atom. The fourth-order valence-corrected chi connectivity index (χ4v) is 1.39. The van der Waals surface area contributed by atoms with Gasteiger partial charge in [0, 0.05) is 18.9 Å². The fraction of sp³-hybridized carbons (Fsp3) is 0.875. The normalized spacial score (nSPS) is 29.9. The summed E-state index contributed by atoms with van der Waals surface area (Å²) in [6, 6.07) is 2.19. The average Bonchev–Trinajstić information content (AvgIpc) is 2.13. The molecule has 0 N–H and O–H groups in total. The van der Waals surface area contributed by atoms with Crippen molar-refractivity contribution in [2.45, 2.75) is 32.3 Å². The molecule has 2 nitrogen and oxygen atoms in total. The van der Waals surface area contributed by atoms with E-state index in [0.29, 0.717) is 12.3 Å². The first-order valence-electron chi connectivity index (χ1n) is 3.68. The van der Waals surface area contributed by atoms with E-state index in [4.69, 9.17) is 10.00 Å². The number of ether oxygens (including phenoxy) is 1. The van der Waals surface area contributed by atoms with Crippen molar-refractivity contribution in [1.29, 1.82) is 5.26 Å². The van der Waals surface area contributed by atoms with Gasteiger partial charge < -0.3 is 4.74 Å². The van der Waals surface area contributed by atoms with E-state index in [9.17, 15) is 0 Å². The summed E-state index contributed by atoms with van der Waals surface area (Å²) in [4.78, 5) is 0. The molecular weight excluding hydrogens is 126 g/mol. The Hall–Kier alpha value is -0.550. The van der Waals surface area contributed by atoms with Crippen molar-refractivity contribution >= 4 is 0 Å². The average molecular weight is 139 g/mol. The molecule has 0 aliphatic carbocycles. The summed E-state index contributed by atoms with van der Waals surface area (Å²) in [5.74, 6) is 0.442. The van der Waals surface area contributed by atoms with Gasteiger partial charge in [0.2, 0.25) is 0 Å². The predicted octanol–water partition coefficient (Wildman–Crippen LogP) is 1.72. The second-order valence-corrected chi connectivity index (χ2v) is 3.30. The van der Waals surface area contributed by atoms with Gasteiger partial charge in [0.05, 0.1) is 11.7 Å². The molecule has 0 bridgehead atoms. The van der Waals surface area contributed by atoms with Gasteiger partial charge in [-0.25, -0.2) is 0 Å². The molecule has 56 valence electrons. The Bertz CT molecular complexity index is 157. The molecule has 0 aromatic heterocycles. The molecule has 1 rings (SSSR count). The standard InChI is InChI=1S/C8H13NO/c1-8(2)7(3-5-9)4-6-10-8/h7H,3-4,6H2,1-2H3. The monoisotopic (exact) mass is 139 g/mol. The zero-order valence-electron chi connectivity index (χ0n) is 6.55. The van der Waals surface area contributed by atoms with Crippen LogP contribution in [-0.2, 0) is 4.74 Å². The zero-order chi connectivity index (χ0) is 7.61. The largest absolute Gasteiger partial charge is 0.375 e. The van der Waals surface area contributed by atoms with Gasteiger partial charge in [0.1, 0.15) is 0 Å². The highest BCUT2D eigenvalue weighted by Gasteiger charge is 2.35. The van der Waals surface area contributed by atoms with Crippen LogP contribution in [0.2, 0.25) is 0 Å². The second kappa shape index (κ2) is 2.59. The van der Waals surface area contributed by atoms with E-state index in [0.717, 1.165) is 13.0 Å². The van der Waals surface area contributed by atoms with Crippen molar-refractivity contribution in [2.75, 3.05) is 6.61 Å². The maximum atomic E-state index is 8.45. The quantitative estimate of drug-likeness (QED) is 0.554. The van der Waals surface area contributed by atoms with Crippen LogP contribution in [0.1, 0.15) is 26.7 Å². The van der Waals surface area contributed by atoms with E-state index in [2.05, 4.69) is 19.9 Å². The molecule has 0 aromatic carbocycles. The molecule has 0 aromatic rings. The minimum absolute atomic E-state index is 0.0598. The number of nitriles is 1. The summed E-state index contributed by atoms with van der Waals surface area (Å²) >= 11 is 0. The molecule has 0 spiro atoms. The summed E-state index contributed by atoms with van der Waals surface area (Å²) in [5, 5.41) is 8.45. The minimum atomic E-state index is -0.0598. The maximum absolute atomic E-state index is 8.45. The number of rotatable bonds is 1. The van der Waals surface area contributed by atoms with Crippen molar-refractivity contribution in [1.82, 2.24) is 0 Å². The van der Waals surface area contributed by atoms with Crippen LogP contribution < -0.4 is 0 Å². The third-order valence-corrected chi connectivity index (χ3v) is 2.26. The predicted molar refractivity (Wildman–Crippen MR) is 38.4 cm³/mol. The van der Waals surface area contributed by atoms with Crippen LogP contribution in [0, 0.1) is 17.2 Å². The summed E-state index contributed by atoms with van der Waals surface area (Å²) < 4.78 is 5.45. The van der Waals surface area contributed by atoms with Crippen molar-refractivity contribution < 1.29 is 4.74 Å². The van der Waals surface area contributed by atoms with Crippen molar-refractivity contribution in [3.05, 3.63) is 0 Å². The maximum Gasteiger partial charge on any atom is 0.0665 e. The molecular formula is C8H13NO. The van der Waals surface area contributed by atoms with Gasteiger partial charge in [-0.05, 0) is 20.3 Å². The lowest BCUT2D eigenvalue weighted by Crippen LogP contribution is -2.26. The Morgan fingerprint density at radius 1 is 1.70 bits per heavy atom. The molecule has 1 aliphatic heterocycles. The molecule has 1 heterocycles. The van der Waals surface area contributed by atoms with Crippen LogP contribution in [0.4, 0.5) is 0 Å². The summed E-state index contributed by atoms with van der Waals surface area (Å²) in [7, 11) is 0. The topological polar surface area (TPSA) is 33.0 Å². The van der Waals surface area contributed by atoms with E-state index in [1.165, 1.54) is 0 Å². The van der Waals surface area contributed by atoms with Gasteiger partial charge in [-0.1, -0.05) is 0 Å². The van der Waals surface area contributed by atoms with Gasteiger partial charge in [-0.3, -0.25) is 0 Å². The first kappa shape index (κ1) is 7.56. The molecule has 1 saturated heterocycles. The molecule has 0 amide bonds. The van der Waals surface area contributed by atoms with E-state index in [1.54, 1.807) is 0 Å². The van der Waals surface area contributed by atoms with E-state index >= 15 is 0 Å². The SMILES string of the molecule is CC1(C)OCCC1CC#N. The van der Waals surface area contributed by atoms with E-state index in [-0.39, 0.29) is 5.60 Å². The number of hydrogen-bond donors (Lipinski definition) is 0. The van der Waals surface area contributed by atoms with E-state index < -0.39 is 0 Å². The molecule has 0 radical (unpaired) electrons. The highest BCUT2D eigenvalue weighted by atomic mass is 16.5. The van der Waals surface area contributed by atoms with Crippen LogP contribution in [-0.4, -0.2) is 12.2 Å². The number of hydrogen-bond acceptors (Lipinski definition) is 2. The van der Waals surface area contributed by atoms with Crippen LogP contribution >= 0.6 is 0 Å². The van der Waals surface area contributed by atoms with E-state index in [1.807, 2.05) is 0 Å². The smallest absolute Gasteiger partial charge is 0.0665 e. The third kappa shape index (κ3) is 1.30. The van der Waals surface area contributed by atoms with Gasteiger partial charge >= 0.3 is 0 Å². The molecule has 10 heavy (non-hydrogen) atoms. The summed E-state index contributed by atoms with van der Waals surface area (Å²) in [6.07, 6.45) is 1.67. The van der Waals surface area contributed by atoms with Crippen LogP contribution in [0.5, 0.6) is 0 Å². The Kier molecular flexibility index (Phi) is 1.96. The molecule has 2 heteroatoms. The lowest BCUT2D eigenvalue weighted by molar-refractivity contribution is 0.0122. The first-order chi connectivity index (χ1) is 4.67. The summed E-state index contributed by atoms with van der Waals surface area (Å²) in [6.45, 7) is 4.93. The number of nitrogens with zero attached hydrogens (tertiary/aromatic N) is 1. The first-order valence-corrected chi connectivity index (χ1v) is 3.68. The Balaban J connectivity index is 2.53. The van der Waals surface area contributed by atoms with Crippen LogP contribution in [0.15, 0.2) is 0 Å².